The van der Waals surface area contributed by atoms with Crippen LogP contribution in [0.3, 0.4) is 0 Å². The second-order valence-electron chi connectivity index (χ2n) is 7.51. The minimum absolute atomic E-state index is 0. The van der Waals surface area contributed by atoms with E-state index in [4.69, 9.17) is 0 Å². The lowest BCUT2D eigenvalue weighted by Gasteiger charge is -2.14. The van der Waals surface area contributed by atoms with Crippen LogP contribution in [0.1, 0.15) is 40.0 Å². The van der Waals surface area contributed by atoms with E-state index >= 15 is 0 Å². The van der Waals surface area contributed by atoms with Crippen molar-refractivity contribution < 1.29 is 10.3 Å². The second-order valence-corrected chi connectivity index (χ2v) is 7.51. The van der Waals surface area contributed by atoms with E-state index in [-0.39, 0.29) is 23.8 Å². The summed E-state index contributed by atoms with van der Waals surface area (Å²) >= 11 is 0. The van der Waals surface area contributed by atoms with Crippen molar-refractivity contribution in [1.82, 2.24) is 9.72 Å². The minimum Gasteiger partial charge on any atom is -0.412 e. The molecule has 0 spiro atoms. The topological polar surface area (TPSA) is 68.2 Å². The van der Waals surface area contributed by atoms with Gasteiger partial charge in [-0.25, -0.2) is 0 Å². The standard InChI is InChI=1S/C23H27N3O.ClH.H2O/c1-25(2)18-12-10-17(11-13-18)23(27)24-15-14-20-19-7-3-4-8-21(19)26-16-6-5-9-22(20)26;;/h5-6,9-13,16H,3-4,7-8,14-15H2,1-2H3,(H,24,27);1H;1H2. The number of halogens is 1. The zero-order chi connectivity index (χ0) is 18.8. The summed E-state index contributed by atoms with van der Waals surface area (Å²) in [7, 11) is 4.00. The van der Waals surface area contributed by atoms with Gasteiger partial charge < -0.3 is 20.1 Å². The van der Waals surface area contributed by atoms with Gasteiger partial charge in [-0.05, 0) is 79.6 Å². The number of hydrogen-bond donors (Lipinski definition) is 1. The molecule has 156 valence electrons. The Morgan fingerprint density at radius 1 is 1.07 bits per heavy atom. The maximum Gasteiger partial charge on any atom is 0.251 e. The highest BCUT2D eigenvalue weighted by Crippen LogP contribution is 2.30. The van der Waals surface area contributed by atoms with Crippen LogP contribution < -0.4 is 10.2 Å². The molecule has 1 aromatic carbocycles. The van der Waals surface area contributed by atoms with E-state index in [9.17, 15) is 4.79 Å². The Hall–Kier alpha value is -2.50. The minimum atomic E-state index is -0.00214. The summed E-state index contributed by atoms with van der Waals surface area (Å²) in [6.45, 7) is 0.662. The van der Waals surface area contributed by atoms with E-state index in [1.807, 2.05) is 43.3 Å². The number of anilines is 1. The Bertz CT molecular complexity index is 964. The smallest absolute Gasteiger partial charge is 0.251 e. The molecular formula is C23H30ClN3O2. The van der Waals surface area contributed by atoms with Gasteiger partial charge in [-0.15, -0.1) is 12.4 Å². The van der Waals surface area contributed by atoms with Gasteiger partial charge in [0.15, 0.2) is 0 Å². The summed E-state index contributed by atoms with van der Waals surface area (Å²) in [6.07, 6.45) is 7.91. The summed E-state index contributed by atoms with van der Waals surface area (Å²) in [5, 5.41) is 3.10. The number of carbonyl (C=O) groups excluding carboxylic acids is 1. The molecule has 0 saturated heterocycles. The van der Waals surface area contributed by atoms with Gasteiger partial charge in [0.05, 0.1) is 0 Å². The predicted molar refractivity (Wildman–Crippen MR) is 122 cm³/mol. The first-order valence-corrected chi connectivity index (χ1v) is 9.80. The van der Waals surface area contributed by atoms with E-state index < -0.39 is 0 Å². The van der Waals surface area contributed by atoms with Crippen LogP contribution in [0.4, 0.5) is 5.69 Å². The molecule has 0 atom stereocenters. The third kappa shape index (κ3) is 4.57. The molecule has 1 aliphatic carbocycles. The number of aromatic nitrogens is 1. The molecule has 0 unspecified atom stereocenters. The van der Waals surface area contributed by atoms with Gasteiger partial charge in [0.25, 0.3) is 5.91 Å². The van der Waals surface area contributed by atoms with Gasteiger partial charge in [0.2, 0.25) is 0 Å². The number of nitrogens with one attached hydrogen (secondary N) is 1. The Morgan fingerprint density at radius 2 is 1.79 bits per heavy atom. The summed E-state index contributed by atoms with van der Waals surface area (Å²) in [6, 6.07) is 14.1. The molecule has 6 heteroatoms. The summed E-state index contributed by atoms with van der Waals surface area (Å²) in [4.78, 5) is 14.5. The molecule has 1 aliphatic rings. The molecule has 5 nitrogen and oxygen atoms in total. The van der Waals surface area contributed by atoms with E-state index in [1.165, 1.54) is 35.2 Å². The third-order valence-corrected chi connectivity index (χ3v) is 5.57. The van der Waals surface area contributed by atoms with Crippen molar-refractivity contribution in [2.24, 2.45) is 0 Å². The third-order valence-electron chi connectivity index (χ3n) is 5.57. The zero-order valence-electron chi connectivity index (χ0n) is 17.1. The first-order valence-electron chi connectivity index (χ1n) is 9.80. The highest BCUT2D eigenvalue weighted by Gasteiger charge is 2.20. The maximum atomic E-state index is 12.5. The molecule has 0 aliphatic heterocycles. The fourth-order valence-electron chi connectivity index (χ4n) is 4.15. The lowest BCUT2D eigenvalue weighted by atomic mass is 9.93. The highest BCUT2D eigenvalue weighted by molar-refractivity contribution is 5.94. The van der Waals surface area contributed by atoms with Gasteiger partial charge in [-0.2, -0.15) is 0 Å². The lowest BCUT2D eigenvalue weighted by molar-refractivity contribution is 0.0954. The quantitative estimate of drug-likeness (QED) is 0.693. The van der Waals surface area contributed by atoms with Crippen molar-refractivity contribution in [3.8, 4) is 0 Å². The van der Waals surface area contributed by atoms with Crippen LogP contribution in [0.2, 0.25) is 0 Å². The van der Waals surface area contributed by atoms with Crippen LogP contribution >= 0.6 is 12.4 Å². The molecule has 29 heavy (non-hydrogen) atoms. The van der Waals surface area contributed by atoms with Gasteiger partial charge in [0, 0.05) is 49.3 Å². The van der Waals surface area contributed by atoms with Crippen LogP contribution in [-0.2, 0) is 19.3 Å². The van der Waals surface area contributed by atoms with E-state index in [0.717, 1.165) is 24.9 Å². The Balaban J connectivity index is 0.00000150. The number of hydrogen-bond acceptors (Lipinski definition) is 2. The molecular weight excluding hydrogens is 386 g/mol. The zero-order valence-corrected chi connectivity index (χ0v) is 17.9. The number of aryl methyl sites for hydroxylation is 1. The van der Waals surface area contributed by atoms with Gasteiger partial charge in [-0.1, -0.05) is 6.07 Å². The predicted octanol–water partition coefficient (Wildman–Crippen LogP) is 3.45. The van der Waals surface area contributed by atoms with Crippen LogP contribution in [-0.4, -0.2) is 36.4 Å². The van der Waals surface area contributed by atoms with Crippen LogP contribution in [0.25, 0.3) is 5.52 Å². The number of fused-ring (bicyclic) bond motifs is 3. The molecule has 3 N–H and O–H groups in total. The monoisotopic (exact) mass is 415 g/mol. The van der Waals surface area contributed by atoms with Gasteiger partial charge in [-0.3, -0.25) is 4.79 Å². The fourth-order valence-corrected chi connectivity index (χ4v) is 4.15. The highest BCUT2D eigenvalue weighted by atomic mass is 35.5. The largest absolute Gasteiger partial charge is 0.412 e. The maximum absolute atomic E-state index is 12.5. The molecule has 0 saturated carbocycles. The number of carbonyl (C=O) groups is 1. The summed E-state index contributed by atoms with van der Waals surface area (Å²) in [5.41, 5.74) is 7.50. The lowest BCUT2D eigenvalue weighted by Crippen LogP contribution is -2.26. The molecule has 0 bridgehead atoms. The van der Waals surface area contributed by atoms with E-state index in [1.54, 1.807) is 0 Å². The number of nitrogens with zero attached hydrogens (tertiary/aromatic N) is 2. The average Bonchev–Trinajstić information content (AvgIpc) is 3.02. The Kier molecular flexibility index (Phi) is 7.71. The van der Waals surface area contributed by atoms with Crippen LogP contribution in [0.5, 0.6) is 0 Å². The Morgan fingerprint density at radius 3 is 2.52 bits per heavy atom. The van der Waals surface area contributed by atoms with Gasteiger partial charge in [0.1, 0.15) is 0 Å². The molecule has 4 rings (SSSR count). The molecule has 2 heterocycles. The van der Waals surface area contributed by atoms with E-state index in [0.29, 0.717) is 12.1 Å². The van der Waals surface area contributed by atoms with Crippen molar-refractivity contribution in [2.75, 3.05) is 25.5 Å². The normalized spacial score (nSPS) is 12.5. The summed E-state index contributed by atoms with van der Waals surface area (Å²) < 4.78 is 2.35. The molecule has 2 aromatic heterocycles. The number of benzene rings is 1. The van der Waals surface area contributed by atoms with Crippen molar-refractivity contribution in [1.29, 1.82) is 0 Å². The second kappa shape index (κ2) is 9.81. The first-order chi connectivity index (χ1) is 13.1. The average molecular weight is 416 g/mol. The fraction of sp³-hybridized carbons (Fsp3) is 0.348. The SMILES string of the molecule is CN(C)c1ccc(C(=O)NCCc2c3c(n4ccccc24)CCCC3)cc1.Cl.O. The van der Waals surface area contributed by atoms with Crippen molar-refractivity contribution in [3.63, 3.8) is 0 Å². The van der Waals surface area contributed by atoms with Crippen LogP contribution in [0, 0.1) is 0 Å². The van der Waals surface area contributed by atoms with Crippen molar-refractivity contribution >= 4 is 29.5 Å². The first kappa shape index (κ1) is 22.8. The number of rotatable bonds is 5. The molecule has 1 amide bonds. The molecule has 0 fully saturated rings. The molecule has 3 aromatic rings. The summed E-state index contributed by atoms with van der Waals surface area (Å²) in [5.74, 6) is -0.00214. The molecule has 0 radical (unpaired) electrons. The van der Waals surface area contributed by atoms with Gasteiger partial charge >= 0.3 is 0 Å². The number of amides is 1. The number of pyridine rings is 1. The van der Waals surface area contributed by atoms with Crippen molar-refractivity contribution in [3.05, 3.63) is 71.0 Å². The van der Waals surface area contributed by atoms with Crippen molar-refractivity contribution in [2.45, 2.75) is 32.1 Å². The van der Waals surface area contributed by atoms with E-state index in [2.05, 4.69) is 34.1 Å². The Labute approximate surface area is 178 Å². The van der Waals surface area contributed by atoms with Crippen LogP contribution in [0.15, 0.2) is 48.7 Å².